The first-order valence-electron chi connectivity index (χ1n) is 12.1. The highest BCUT2D eigenvalue weighted by Gasteiger charge is 2.36. The van der Waals surface area contributed by atoms with E-state index in [1.165, 1.54) is 6.07 Å². The molecule has 0 saturated heterocycles. The van der Waals surface area contributed by atoms with Crippen LogP contribution in [0.4, 0.5) is 4.39 Å². The maximum atomic E-state index is 14.9. The summed E-state index contributed by atoms with van der Waals surface area (Å²) in [6.07, 6.45) is 3.06. The molecule has 8 heteroatoms. The topological polar surface area (TPSA) is 92.9 Å². The van der Waals surface area contributed by atoms with Crippen molar-refractivity contribution in [2.24, 2.45) is 0 Å². The van der Waals surface area contributed by atoms with Crippen molar-refractivity contribution < 1.29 is 14.3 Å². The number of aromatic nitrogens is 4. The second kappa shape index (κ2) is 9.13. The highest BCUT2D eigenvalue weighted by atomic mass is 19.1. The molecule has 2 aromatic heterocycles. The number of hydrogen-bond donors (Lipinski definition) is 2. The molecule has 37 heavy (non-hydrogen) atoms. The number of nitrogens with one attached hydrogen (secondary N) is 1. The van der Waals surface area contributed by atoms with Gasteiger partial charge in [0.2, 0.25) is 0 Å². The molecule has 0 unspecified atom stereocenters. The highest BCUT2D eigenvalue weighted by molar-refractivity contribution is 6.07. The van der Waals surface area contributed by atoms with Gasteiger partial charge in [0.15, 0.2) is 5.82 Å². The molecule has 5 aromatic rings. The molecule has 1 aliphatic carbocycles. The number of nitrogens with zero attached hydrogens (tertiary/aromatic N) is 4. The van der Waals surface area contributed by atoms with E-state index >= 15 is 0 Å². The maximum absolute atomic E-state index is 14.9. The minimum Gasteiger partial charge on any atom is -0.508 e. The zero-order chi connectivity index (χ0) is 25.5. The van der Waals surface area contributed by atoms with Crippen LogP contribution in [0.5, 0.6) is 5.75 Å². The second-order valence-electron chi connectivity index (χ2n) is 9.44. The van der Waals surface area contributed by atoms with Crippen LogP contribution in [0.25, 0.3) is 28.0 Å². The minimum absolute atomic E-state index is 0.000990. The number of para-hydroxylation sites is 1. The lowest BCUT2D eigenvalue weighted by Crippen LogP contribution is -2.44. The van der Waals surface area contributed by atoms with E-state index in [0.29, 0.717) is 41.4 Å². The molecule has 6 rings (SSSR count). The van der Waals surface area contributed by atoms with Crippen LogP contribution in [0.3, 0.4) is 0 Å². The molecular weight excluding hydrogens is 469 g/mol. The summed E-state index contributed by atoms with van der Waals surface area (Å²) in [4.78, 5) is 17.6. The van der Waals surface area contributed by atoms with Crippen molar-refractivity contribution in [2.75, 3.05) is 0 Å². The minimum atomic E-state index is -0.372. The van der Waals surface area contributed by atoms with Crippen LogP contribution in [0.2, 0.25) is 0 Å². The van der Waals surface area contributed by atoms with Crippen LogP contribution in [0, 0.1) is 12.7 Å². The predicted molar refractivity (Wildman–Crippen MR) is 138 cm³/mol. The summed E-state index contributed by atoms with van der Waals surface area (Å²) in [5.41, 5.74) is 2.55. The Morgan fingerprint density at radius 2 is 1.86 bits per heavy atom. The SMILES string of the molecule is Cc1ccc(-c2nnc(C3CC(NC(=O)c4cccc5cc(O)ccc45)C3)n2-c2ccccc2F)nc1. The zero-order valence-corrected chi connectivity index (χ0v) is 20.1. The van der Waals surface area contributed by atoms with Crippen molar-refractivity contribution >= 4 is 16.7 Å². The molecule has 2 N–H and O–H groups in total. The van der Waals surface area contributed by atoms with Gasteiger partial charge in [0.05, 0.1) is 5.69 Å². The summed E-state index contributed by atoms with van der Waals surface area (Å²) in [6.45, 7) is 1.95. The van der Waals surface area contributed by atoms with Gasteiger partial charge in [-0.05, 0) is 78.6 Å². The Bertz CT molecular complexity index is 1620. The number of benzene rings is 3. The maximum Gasteiger partial charge on any atom is 0.252 e. The standard InChI is InChI=1S/C29H24FN5O2/c1-17-9-12-25(31-16-17)28-34-33-27(35(28)26-8-3-2-7-24(26)30)19-13-20(14-19)32-29(37)23-6-4-5-18-15-21(36)10-11-22(18)23/h2-12,15-16,19-20,36H,13-14H2,1H3,(H,32,37). The fourth-order valence-electron chi connectivity index (χ4n) is 4.88. The van der Waals surface area contributed by atoms with Gasteiger partial charge in [-0.2, -0.15) is 0 Å². The molecule has 184 valence electrons. The molecule has 2 heterocycles. The molecule has 0 spiro atoms. The molecule has 0 radical (unpaired) electrons. The van der Waals surface area contributed by atoms with Gasteiger partial charge in [-0.25, -0.2) is 4.39 Å². The monoisotopic (exact) mass is 493 g/mol. The zero-order valence-electron chi connectivity index (χ0n) is 20.1. The van der Waals surface area contributed by atoms with Gasteiger partial charge in [-0.3, -0.25) is 14.3 Å². The molecule has 1 saturated carbocycles. The molecular formula is C29H24FN5O2. The van der Waals surface area contributed by atoms with Crippen LogP contribution in [-0.2, 0) is 0 Å². The third-order valence-corrected chi connectivity index (χ3v) is 6.87. The van der Waals surface area contributed by atoms with E-state index in [4.69, 9.17) is 0 Å². The molecule has 1 fully saturated rings. The molecule has 3 aromatic carbocycles. The number of rotatable bonds is 5. The van der Waals surface area contributed by atoms with Crippen LogP contribution in [-0.4, -0.2) is 36.8 Å². The number of phenolic OH excluding ortho intramolecular Hbond substituents is 1. The van der Waals surface area contributed by atoms with Gasteiger partial charge in [-0.1, -0.05) is 30.3 Å². The van der Waals surface area contributed by atoms with Crippen molar-refractivity contribution in [2.45, 2.75) is 31.7 Å². The Labute approximate surface area is 212 Å². The van der Waals surface area contributed by atoms with Crippen LogP contribution >= 0.6 is 0 Å². The van der Waals surface area contributed by atoms with Gasteiger partial charge < -0.3 is 10.4 Å². The van der Waals surface area contributed by atoms with Crippen LogP contribution in [0.15, 0.2) is 79.0 Å². The summed E-state index contributed by atoms with van der Waals surface area (Å²) in [7, 11) is 0. The summed E-state index contributed by atoms with van der Waals surface area (Å²) < 4.78 is 16.6. The van der Waals surface area contributed by atoms with Crippen molar-refractivity contribution in [3.63, 3.8) is 0 Å². The van der Waals surface area contributed by atoms with E-state index in [1.807, 2.05) is 25.1 Å². The van der Waals surface area contributed by atoms with Gasteiger partial charge >= 0.3 is 0 Å². The van der Waals surface area contributed by atoms with Crippen molar-refractivity contribution in [1.82, 2.24) is 25.1 Å². The fourth-order valence-corrected chi connectivity index (χ4v) is 4.88. The lowest BCUT2D eigenvalue weighted by atomic mass is 9.79. The quantitative estimate of drug-likeness (QED) is 0.346. The number of amides is 1. The van der Waals surface area contributed by atoms with E-state index in [-0.39, 0.29) is 29.4 Å². The van der Waals surface area contributed by atoms with Gasteiger partial charge in [0.25, 0.3) is 5.91 Å². The number of aryl methyl sites for hydroxylation is 1. The largest absolute Gasteiger partial charge is 0.508 e. The fraction of sp³-hybridized carbons (Fsp3) is 0.172. The first kappa shape index (κ1) is 22.8. The normalized spacial score (nSPS) is 16.9. The first-order chi connectivity index (χ1) is 18.0. The molecule has 0 aliphatic heterocycles. The molecule has 7 nitrogen and oxygen atoms in total. The van der Waals surface area contributed by atoms with E-state index in [2.05, 4.69) is 20.5 Å². The molecule has 1 amide bonds. The van der Waals surface area contributed by atoms with Gasteiger partial charge in [0, 0.05) is 23.7 Å². The highest BCUT2D eigenvalue weighted by Crippen LogP contribution is 2.39. The first-order valence-corrected chi connectivity index (χ1v) is 12.1. The van der Waals surface area contributed by atoms with E-state index in [0.717, 1.165) is 16.3 Å². The van der Waals surface area contributed by atoms with E-state index in [1.54, 1.807) is 59.3 Å². The van der Waals surface area contributed by atoms with Crippen molar-refractivity contribution in [3.8, 4) is 23.0 Å². The van der Waals surface area contributed by atoms with E-state index in [9.17, 15) is 14.3 Å². The number of hydrogen-bond acceptors (Lipinski definition) is 5. The lowest BCUT2D eigenvalue weighted by Gasteiger charge is -2.35. The van der Waals surface area contributed by atoms with Gasteiger partial charge in [0.1, 0.15) is 23.1 Å². The number of carbonyl (C=O) groups is 1. The van der Waals surface area contributed by atoms with Crippen LogP contribution in [0.1, 0.15) is 40.5 Å². The number of phenols is 1. The number of halogens is 1. The average Bonchev–Trinajstić information content (AvgIpc) is 3.30. The summed E-state index contributed by atoms with van der Waals surface area (Å²) >= 11 is 0. The number of aromatic hydroxyl groups is 1. The Morgan fingerprint density at radius 3 is 2.65 bits per heavy atom. The molecule has 0 atom stereocenters. The van der Waals surface area contributed by atoms with E-state index < -0.39 is 0 Å². The second-order valence-corrected chi connectivity index (χ2v) is 9.44. The van der Waals surface area contributed by atoms with Crippen LogP contribution < -0.4 is 5.32 Å². The summed E-state index contributed by atoms with van der Waals surface area (Å²) in [5, 5.41) is 23.3. The number of carbonyl (C=O) groups excluding carboxylic acids is 1. The van der Waals surface area contributed by atoms with Gasteiger partial charge in [-0.15, -0.1) is 10.2 Å². The number of fused-ring (bicyclic) bond motifs is 1. The third kappa shape index (κ3) is 4.20. The van der Waals surface area contributed by atoms with Crippen molar-refractivity contribution in [1.29, 1.82) is 0 Å². The smallest absolute Gasteiger partial charge is 0.252 e. The number of pyridine rings is 1. The molecule has 1 aliphatic rings. The Hall–Kier alpha value is -4.59. The Kier molecular flexibility index (Phi) is 5.64. The third-order valence-electron chi connectivity index (χ3n) is 6.87. The predicted octanol–water partition coefficient (Wildman–Crippen LogP) is 5.31. The average molecular weight is 494 g/mol. The summed E-state index contributed by atoms with van der Waals surface area (Å²) in [6, 6.07) is 20.7. The Balaban J connectivity index is 1.26. The van der Waals surface area contributed by atoms with Crippen molar-refractivity contribution in [3.05, 3.63) is 102 Å². The molecule has 0 bridgehead atoms. The Morgan fingerprint density at radius 1 is 1.03 bits per heavy atom. The lowest BCUT2D eigenvalue weighted by molar-refractivity contribution is 0.0909. The summed E-state index contributed by atoms with van der Waals surface area (Å²) in [5.74, 6) is 0.746.